The van der Waals surface area contributed by atoms with Crippen LogP contribution in [0.5, 0.6) is 5.75 Å². The van der Waals surface area contributed by atoms with Crippen molar-refractivity contribution in [3.63, 3.8) is 0 Å². The zero-order valence-electron chi connectivity index (χ0n) is 12.1. The average Bonchev–Trinajstić information content (AvgIpc) is 2.51. The van der Waals surface area contributed by atoms with Crippen molar-refractivity contribution in [2.45, 2.75) is 12.5 Å². The van der Waals surface area contributed by atoms with Crippen molar-refractivity contribution in [3.8, 4) is 5.75 Å². The van der Waals surface area contributed by atoms with Gasteiger partial charge in [0.25, 0.3) is 5.91 Å². The molecule has 1 atom stereocenters. The number of carboxylic acids is 1. The monoisotopic (exact) mass is 317 g/mol. The Balaban J connectivity index is 2.00. The minimum Gasteiger partial charge on any atom is -0.483 e. The summed E-state index contributed by atoms with van der Waals surface area (Å²) in [5, 5.41) is 12.7. The van der Waals surface area contributed by atoms with Crippen molar-refractivity contribution in [2.75, 3.05) is 6.61 Å². The molecular weight excluding hydrogens is 302 g/mol. The maximum Gasteiger partial charge on any atom is 0.326 e. The lowest BCUT2D eigenvalue weighted by Crippen LogP contribution is -2.45. The van der Waals surface area contributed by atoms with E-state index in [4.69, 9.17) is 15.6 Å². The van der Waals surface area contributed by atoms with Crippen LogP contribution in [0.15, 0.2) is 36.7 Å². The number of aliphatic carboxylic acids is 1. The van der Waals surface area contributed by atoms with Crippen molar-refractivity contribution >= 4 is 28.6 Å². The molecule has 1 aromatic carbocycles. The Morgan fingerprint density at radius 1 is 1.30 bits per heavy atom. The van der Waals surface area contributed by atoms with E-state index in [1.807, 2.05) is 6.07 Å². The van der Waals surface area contributed by atoms with E-state index in [-0.39, 0.29) is 6.61 Å². The number of carboxylic acid groups (broad SMARTS) is 1. The minimum atomic E-state index is -1.37. The quantitative estimate of drug-likeness (QED) is 0.661. The molecule has 0 fully saturated rings. The maximum atomic E-state index is 11.8. The molecule has 2 amide bonds. The Labute approximate surface area is 131 Å². The fraction of sp³-hybridized carbons (Fsp3) is 0.200. The third-order valence-corrected chi connectivity index (χ3v) is 3.04. The van der Waals surface area contributed by atoms with Gasteiger partial charge in [-0.15, -0.1) is 0 Å². The van der Waals surface area contributed by atoms with Crippen LogP contribution < -0.4 is 15.8 Å². The molecule has 2 aromatic rings. The van der Waals surface area contributed by atoms with Crippen molar-refractivity contribution in [2.24, 2.45) is 5.73 Å². The van der Waals surface area contributed by atoms with Gasteiger partial charge in [-0.2, -0.15) is 0 Å². The van der Waals surface area contributed by atoms with E-state index >= 15 is 0 Å². The van der Waals surface area contributed by atoms with Gasteiger partial charge in [0.2, 0.25) is 5.91 Å². The second-order valence-electron chi connectivity index (χ2n) is 4.77. The molecule has 0 saturated heterocycles. The molecule has 0 aliphatic carbocycles. The first-order valence-electron chi connectivity index (χ1n) is 6.73. The van der Waals surface area contributed by atoms with E-state index in [1.165, 1.54) is 0 Å². The molecule has 8 nitrogen and oxygen atoms in total. The van der Waals surface area contributed by atoms with Gasteiger partial charge in [-0.05, 0) is 12.1 Å². The van der Waals surface area contributed by atoms with Crippen molar-refractivity contribution in [3.05, 3.63) is 36.7 Å². The van der Waals surface area contributed by atoms with Gasteiger partial charge in [-0.1, -0.05) is 12.1 Å². The first kappa shape index (κ1) is 16.2. The van der Waals surface area contributed by atoms with Crippen LogP contribution in [0.4, 0.5) is 0 Å². The summed E-state index contributed by atoms with van der Waals surface area (Å²) in [7, 11) is 0. The number of hydrogen-bond donors (Lipinski definition) is 3. The summed E-state index contributed by atoms with van der Waals surface area (Å²) in [4.78, 5) is 37.5. The summed E-state index contributed by atoms with van der Waals surface area (Å²) in [6, 6.07) is 5.66. The van der Waals surface area contributed by atoms with Gasteiger partial charge in [-0.3, -0.25) is 14.6 Å². The van der Waals surface area contributed by atoms with Crippen molar-refractivity contribution in [1.82, 2.24) is 10.3 Å². The van der Waals surface area contributed by atoms with Gasteiger partial charge in [-0.25, -0.2) is 4.79 Å². The molecule has 0 aliphatic rings. The molecule has 120 valence electrons. The van der Waals surface area contributed by atoms with Crippen LogP contribution in [0.3, 0.4) is 0 Å². The predicted octanol–water partition coefficient (Wildman–Crippen LogP) is 0.0584. The van der Waals surface area contributed by atoms with E-state index in [0.717, 1.165) is 10.8 Å². The Kier molecular flexibility index (Phi) is 5.08. The summed E-state index contributed by atoms with van der Waals surface area (Å²) in [5.41, 5.74) is 4.94. The van der Waals surface area contributed by atoms with Crippen LogP contribution in [-0.4, -0.2) is 40.5 Å². The summed E-state index contributed by atoms with van der Waals surface area (Å²) in [6.07, 6.45) is 2.78. The number of benzene rings is 1. The van der Waals surface area contributed by atoms with E-state index in [0.29, 0.717) is 5.75 Å². The normalized spacial score (nSPS) is 11.7. The van der Waals surface area contributed by atoms with E-state index in [9.17, 15) is 14.4 Å². The molecule has 2 rings (SSSR count). The molecule has 1 aromatic heterocycles. The minimum absolute atomic E-state index is 0.385. The van der Waals surface area contributed by atoms with Crippen LogP contribution >= 0.6 is 0 Å². The highest BCUT2D eigenvalue weighted by Gasteiger charge is 2.22. The SMILES string of the molecule is NC(=O)CC(NC(=O)COc1cccc2cnccc12)C(=O)O. The zero-order chi connectivity index (χ0) is 16.8. The van der Waals surface area contributed by atoms with Crippen LogP contribution in [0.2, 0.25) is 0 Å². The number of carbonyl (C=O) groups is 3. The summed E-state index contributed by atoms with van der Waals surface area (Å²) in [5.74, 6) is -2.35. The molecular formula is C15H15N3O5. The fourth-order valence-electron chi connectivity index (χ4n) is 2.00. The smallest absolute Gasteiger partial charge is 0.326 e. The maximum absolute atomic E-state index is 11.8. The molecule has 0 spiro atoms. The van der Waals surface area contributed by atoms with Gasteiger partial charge >= 0.3 is 5.97 Å². The average molecular weight is 317 g/mol. The third kappa shape index (κ3) is 4.40. The second kappa shape index (κ2) is 7.21. The largest absolute Gasteiger partial charge is 0.483 e. The summed E-state index contributed by atoms with van der Waals surface area (Å²) < 4.78 is 5.42. The van der Waals surface area contributed by atoms with Crippen LogP contribution in [0.25, 0.3) is 10.8 Å². The number of hydrogen-bond acceptors (Lipinski definition) is 5. The number of nitrogens with two attached hydrogens (primary N) is 1. The molecule has 8 heteroatoms. The van der Waals surface area contributed by atoms with Crippen LogP contribution in [0, 0.1) is 0 Å². The van der Waals surface area contributed by atoms with Gasteiger partial charge in [0, 0.05) is 23.2 Å². The van der Waals surface area contributed by atoms with Crippen LogP contribution in [0.1, 0.15) is 6.42 Å². The molecule has 0 saturated carbocycles. The molecule has 0 aliphatic heterocycles. The van der Waals surface area contributed by atoms with Crippen molar-refractivity contribution < 1.29 is 24.2 Å². The highest BCUT2D eigenvalue weighted by Crippen LogP contribution is 2.24. The fourth-order valence-corrected chi connectivity index (χ4v) is 2.00. The Morgan fingerprint density at radius 2 is 2.09 bits per heavy atom. The number of nitrogens with one attached hydrogen (secondary N) is 1. The number of rotatable bonds is 7. The predicted molar refractivity (Wildman–Crippen MR) is 80.6 cm³/mol. The number of nitrogens with zero attached hydrogens (tertiary/aromatic N) is 1. The lowest BCUT2D eigenvalue weighted by molar-refractivity contribution is -0.143. The number of aromatic nitrogens is 1. The molecule has 23 heavy (non-hydrogen) atoms. The number of amides is 2. The van der Waals surface area contributed by atoms with Crippen molar-refractivity contribution in [1.29, 1.82) is 0 Å². The summed E-state index contributed by atoms with van der Waals surface area (Å²) in [6.45, 7) is -0.385. The van der Waals surface area contributed by atoms with E-state index in [1.54, 1.807) is 30.6 Å². The van der Waals surface area contributed by atoms with E-state index < -0.39 is 30.2 Å². The Morgan fingerprint density at radius 3 is 2.78 bits per heavy atom. The topological polar surface area (TPSA) is 132 Å². The number of carbonyl (C=O) groups excluding carboxylic acids is 2. The van der Waals surface area contributed by atoms with E-state index in [2.05, 4.69) is 10.3 Å². The van der Waals surface area contributed by atoms with Gasteiger partial charge in [0.05, 0.1) is 6.42 Å². The standard InChI is InChI=1S/C15H15N3O5/c16-13(19)6-11(15(21)22)18-14(20)8-23-12-3-1-2-9-7-17-5-4-10(9)12/h1-5,7,11H,6,8H2,(H2,16,19)(H,18,20)(H,21,22). The van der Waals surface area contributed by atoms with Gasteiger partial charge in [0.1, 0.15) is 11.8 Å². The first-order chi connectivity index (χ1) is 11.0. The Bertz CT molecular complexity index is 741. The first-order valence-corrected chi connectivity index (χ1v) is 6.73. The highest BCUT2D eigenvalue weighted by molar-refractivity contribution is 5.90. The third-order valence-electron chi connectivity index (χ3n) is 3.04. The van der Waals surface area contributed by atoms with Crippen LogP contribution in [-0.2, 0) is 14.4 Å². The number of fused-ring (bicyclic) bond motifs is 1. The molecule has 0 bridgehead atoms. The highest BCUT2D eigenvalue weighted by atomic mass is 16.5. The number of pyridine rings is 1. The zero-order valence-corrected chi connectivity index (χ0v) is 12.1. The van der Waals surface area contributed by atoms with Gasteiger partial charge in [0.15, 0.2) is 6.61 Å². The molecule has 1 heterocycles. The second-order valence-corrected chi connectivity index (χ2v) is 4.77. The molecule has 0 radical (unpaired) electrons. The number of ether oxygens (including phenoxy) is 1. The molecule has 4 N–H and O–H groups in total. The lowest BCUT2D eigenvalue weighted by Gasteiger charge is -2.14. The Hall–Kier alpha value is -3.16. The van der Waals surface area contributed by atoms with Gasteiger partial charge < -0.3 is 20.9 Å². The number of primary amides is 1. The lowest BCUT2D eigenvalue weighted by atomic mass is 10.1. The molecule has 1 unspecified atom stereocenters. The summed E-state index contributed by atoms with van der Waals surface area (Å²) >= 11 is 0.